The number of likely N-dealkylation sites (tertiary alicyclic amines) is 1. The van der Waals surface area contributed by atoms with Gasteiger partial charge in [-0.25, -0.2) is 0 Å². The van der Waals surface area contributed by atoms with E-state index >= 15 is 0 Å². The third kappa shape index (κ3) is 3.03. The Morgan fingerprint density at radius 1 is 1.20 bits per heavy atom. The average molecular weight is 280 g/mol. The Balaban J connectivity index is 2.00. The standard InChI is InChI=1S/C17H32N2O/c1-4-16(3)9-11-19(12-10-16)15(20)17(13-18)7-5-14(2)6-8-17/h14H,4-13,18H2,1-3H3. The van der Waals surface area contributed by atoms with Crippen molar-refractivity contribution in [1.29, 1.82) is 0 Å². The number of nitrogens with two attached hydrogens (primary N) is 1. The van der Waals surface area contributed by atoms with Crippen LogP contribution in [-0.4, -0.2) is 30.4 Å². The molecule has 0 atom stereocenters. The van der Waals surface area contributed by atoms with Crippen LogP contribution in [0.4, 0.5) is 0 Å². The minimum atomic E-state index is -0.244. The van der Waals surface area contributed by atoms with Crippen molar-refractivity contribution in [3.63, 3.8) is 0 Å². The third-order valence-electron chi connectivity index (χ3n) is 6.19. The van der Waals surface area contributed by atoms with Crippen LogP contribution in [0.3, 0.4) is 0 Å². The third-order valence-corrected chi connectivity index (χ3v) is 6.19. The summed E-state index contributed by atoms with van der Waals surface area (Å²) < 4.78 is 0. The zero-order chi connectivity index (χ0) is 14.8. The second kappa shape index (κ2) is 6.05. The second-order valence-corrected chi connectivity index (χ2v) is 7.62. The summed E-state index contributed by atoms with van der Waals surface area (Å²) in [6, 6.07) is 0. The van der Waals surface area contributed by atoms with Crippen molar-refractivity contribution in [2.45, 2.75) is 65.7 Å². The van der Waals surface area contributed by atoms with Crippen LogP contribution in [0.5, 0.6) is 0 Å². The number of hydrogen-bond donors (Lipinski definition) is 1. The van der Waals surface area contributed by atoms with Crippen LogP contribution in [0, 0.1) is 16.7 Å². The molecular weight excluding hydrogens is 248 g/mol. The fourth-order valence-corrected chi connectivity index (χ4v) is 3.76. The van der Waals surface area contributed by atoms with Gasteiger partial charge in [0, 0.05) is 19.6 Å². The summed E-state index contributed by atoms with van der Waals surface area (Å²) >= 11 is 0. The monoisotopic (exact) mass is 280 g/mol. The van der Waals surface area contributed by atoms with Crippen molar-refractivity contribution in [3.8, 4) is 0 Å². The second-order valence-electron chi connectivity index (χ2n) is 7.62. The Hall–Kier alpha value is -0.570. The van der Waals surface area contributed by atoms with E-state index in [0.717, 1.165) is 57.5 Å². The van der Waals surface area contributed by atoms with E-state index in [1.807, 2.05) is 0 Å². The van der Waals surface area contributed by atoms with Gasteiger partial charge in [0.1, 0.15) is 0 Å². The maximum Gasteiger partial charge on any atom is 0.230 e. The summed E-state index contributed by atoms with van der Waals surface area (Å²) in [6.07, 6.45) is 7.80. The summed E-state index contributed by atoms with van der Waals surface area (Å²) in [5, 5.41) is 0. The quantitative estimate of drug-likeness (QED) is 0.863. The van der Waals surface area contributed by atoms with Crippen molar-refractivity contribution in [1.82, 2.24) is 4.90 Å². The molecule has 20 heavy (non-hydrogen) atoms. The number of hydrogen-bond acceptors (Lipinski definition) is 2. The minimum absolute atomic E-state index is 0.244. The number of carbonyl (C=O) groups is 1. The molecule has 0 aromatic heterocycles. The summed E-state index contributed by atoms with van der Waals surface area (Å²) in [7, 11) is 0. The molecule has 2 N–H and O–H groups in total. The number of amides is 1. The Bertz CT molecular complexity index is 337. The van der Waals surface area contributed by atoms with Crippen molar-refractivity contribution < 1.29 is 4.79 Å². The SMILES string of the molecule is CCC1(C)CCN(C(=O)C2(CN)CCC(C)CC2)CC1. The van der Waals surface area contributed by atoms with Gasteiger partial charge >= 0.3 is 0 Å². The zero-order valence-corrected chi connectivity index (χ0v) is 13.6. The first-order chi connectivity index (χ1) is 9.45. The molecule has 0 aromatic carbocycles. The molecule has 3 heteroatoms. The molecule has 1 saturated heterocycles. The van der Waals surface area contributed by atoms with Crippen LogP contribution in [-0.2, 0) is 4.79 Å². The molecule has 1 saturated carbocycles. The lowest BCUT2D eigenvalue weighted by molar-refractivity contribution is -0.146. The predicted molar refractivity (Wildman–Crippen MR) is 83.3 cm³/mol. The van der Waals surface area contributed by atoms with E-state index < -0.39 is 0 Å². The van der Waals surface area contributed by atoms with Gasteiger partial charge in [-0.3, -0.25) is 4.79 Å². The van der Waals surface area contributed by atoms with Crippen LogP contribution in [0.2, 0.25) is 0 Å². The van der Waals surface area contributed by atoms with Crippen LogP contribution in [0.25, 0.3) is 0 Å². The van der Waals surface area contributed by atoms with E-state index in [1.165, 1.54) is 6.42 Å². The molecule has 1 amide bonds. The van der Waals surface area contributed by atoms with Crippen molar-refractivity contribution in [2.24, 2.45) is 22.5 Å². The van der Waals surface area contributed by atoms with E-state index in [1.54, 1.807) is 0 Å². The molecule has 1 aliphatic heterocycles. The van der Waals surface area contributed by atoms with Crippen molar-refractivity contribution in [2.75, 3.05) is 19.6 Å². The Morgan fingerprint density at radius 3 is 2.20 bits per heavy atom. The van der Waals surface area contributed by atoms with Gasteiger partial charge < -0.3 is 10.6 Å². The van der Waals surface area contributed by atoms with Crippen molar-refractivity contribution >= 4 is 5.91 Å². The van der Waals surface area contributed by atoms with Gasteiger partial charge in [0.25, 0.3) is 0 Å². The maximum atomic E-state index is 13.0. The van der Waals surface area contributed by atoms with Gasteiger partial charge in [0.2, 0.25) is 5.91 Å². The zero-order valence-electron chi connectivity index (χ0n) is 13.6. The van der Waals surface area contributed by atoms with Gasteiger partial charge in [0.15, 0.2) is 0 Å². The first-order valence-electron chi connectivity index (χ1n) is 8.44. The van der Waals surface area contributed by atoms with Gasteiger partial charge in [-0.1, -0.05) is 27.2 Å². The van der Waals surface area contributed by atoms with E-state index in [2.05, 4.69) is 25.7 Å². The molecule has 0 radical (unpaired) electrons. The Kier molecular flexibility index (Phi) is 4.78. The molecule has 2 aliphatic rings. The smallest absolute Gasteiger partial charge is 0.230 e. The molecule has 0 spiro atoms. The minimum Gasteiger partial charge on any atom is -0.342 e. The molecule has 0 bridgehead atoms. The van der Waals surface area contributed by atoms with Gasteiger partial charge in [-0.2, -0.15) is 0 Å². The lowest BCUT2D eigenvalue weighted by atomic mass is 9.69. The summed E-state index contributed by atoms with van der Waals surface area (Å²) in [4.78, 5) is 15.1. The first-order valence-corrected chi connectivity index (χ1v) is 8.44. The number of nitrogens with zero attached hydrogens (tertiary/aromatic N) is 1. The van der Waals surface area contributed by atoms with Gasteiger partial charge in [0.05, 0.1) is 5.41 Å². The average Bonchev–Trinajstić information content (AvgIpc) is 2.49. The highest BCUT2D eigenvalue weighted by molar-refractivity contribution is 5.83. The molecule has 3 nitrogen and oxygen atoms in total. The fraction of sp³-hybridized carbons (Fsp3) is 0.941. The van der Waals surface area contributed by atoms with E-state index in [0.29, 0.717) is 17.9 Å². The summed E-state index contributed by atoms with van der Waals surface area (Å²) in [6.45, 7) is 9.30. The molecule has 0 aromatic rings. The first kappa shape index (κ1) is 15.8. The molecule has 116 valence electrons. The van der Waals surface area contributed by atoms with Crippen LogP contribution in [0.1, 0.15) is 65.7 Å². The van der Waals surface area contributed by atoms with Crippen molar-refractivity contribution in [3.05, 3.63) is 0 Å². The lowest BCUT2D eigenvalue weighted by Crippen LogP contribution is -2.52. The van der Waals surface area contributed by atoms with E-state index in [-0.39, 0.29) is 5.41 Å². The summed E-state index contributed by atoms with van der Waals surface area (Å²) in [5.74, 6) is 1.11. The Morgan fingerprint density at radius 2 is 1.75 bits per heavy atom. The maximum absolute atomic E-state index is 13.0. The summed E-state index contributed by atoms with van der Waals surface area (Å²) in [5.41, 5.74) is 6.22. The largest absolute Gasteiger partial charge is 0.342 e. The molecule has 0 unspecified atom stereocenters. The van der Waals surface area contributed by atoms with Crippen LogP contribution >= 0.6 is 0 Å². The molecular formula is C17H32N2O. The highest BCUT2D eigenvalue weighted by Gasteiger charge is 2.43. The predicted octanol–water partition coefficient (Wildman–Crippen LogP) is 3.18. The van der Waals surface area contributed by atoms with Crippen LogP contribution in [0.15, 0.2) is 0 Å². The van der Waals surface area contributed by atoms with Crippen LogP contribution < -0.4 is 5.73 Å². The topological polar surface area (TPSA) is 46.3 Å². The van der Waals surface area contributed by atoms with Gasteiger partial charge in [-0.15, -0.1) is 0 Å². The number of carbonyl (C=O) groups excluding carboxylic acids is 1. The van der Waals surface area contributed by atoms with E-state index in [4.69, 9.17) is 5.73 Å². The van der Waals surface area contributed by atoms with E-state index in [9.17, 15) is 4.79 Å². The highest BCUT2D eigenvalue weighted by Crippen LogP contribution is 2.41. The van der Waals surface area contributed by atoms with Gasteiger partial charge in [-0.05, 0) is 49.9 Å². The highest BCUT2D eigenvalue weighted by atomic mass is 16.2. The molecule has 1 aliphatic carbocycles. The molecule has 2 fully saturated rings. The fourth-order valence-electron chi connectivity index (χ4n) is 3.76. The molecule has 1 heterocycles. The lowest BCUT2D eigenvalue weighted by Gasteiger charge is -2.45. The molecule has 2 rings (SSSR count). The normalized spacial score (nSPS) is 34.0. The number of piperidine rings is 1. The Labute approximate surface area is 124 Å². The number of rotatable bonds is 3.